The third-order valence-electron chi connectivity index (χ3n) is 5.49. The maximum Gasteiger partial charge on any atom is 0.255 e. The van der Waals surface area contributed by atoms with E-state index in [1.54, 1.807) is 30.3 Å². The third-order valence-corrected chi connectivity index (χ3v) is 5.49. The number of carbonyl (C=O) groups excluding carboxylic acids is 2. The minimum Gasteiger partial charge on any atom is -0.490 e. The Morgan fingerprint density at radius 3 is 2.61 bits per heavy atom. The van der Waals surface area contributed by atoms with E-state index in [9.17, 15) is 9.59 Å². The van der Waals surface area contributed by atoms with Gasteiger partial charge < -0.3 is 24.4 Å². The summed E-state index contributed by atoms with van der Waals surface area (Å²) in [5.41, 5.74) is 1.16. The Labute approximate surface area is 182 Å². The van der Waals surface area contributed by atoms with Crippen molar-refractivity contribution in [2.45, 2.75) is 34.1 Å². The van der Waals surface area contributed by atoms with Gasteiger partial charge in [-0.15, -0.1) is 0 Å². The van der Waals surface area contributed by atoms with Crippen LogP contribution in [-0.4, -0.2) is 31.8 Å². The first-order valence-electron chi connectivity index (χ1n) is 10.5. The molecule has 0 aromatic heterocycles. The SMILES string of the molecule is CC(C)CCN1C(=O)C(C)(C)COc2cc(NC(=O)c3ccc4c(c3)OCO4)ccc21. The zero-order chi connectivity index (χ0) is 22.2. The second kappa shape index (κ2) is 8.13. The van der Waals surface area contributed by atoms with Gasteiger partial charge in [-0.2, -0.15) is 0 Å². The standard InChI is InChI=1S/C24H28N2O5/c1-15(2)9-10-26-18-7-6-17(12-20(18)29-13-24(3,4)23(26)28)25-22(27)16-5-8-19-21(11-16)31-14-30-19/h5-8,11-12,15H,9-10,13-14H2,1-4H3,(H,25,27). The van der Waals surface area contributed by atoms with Gasteiger partial charge in [-0.3, -0.25) is 9.59 Å². The lowest BCUT2D eigenvalue weighted by Gasteiger charge is -2.28. The van der Waals surface area contributed by atoms with Gasteiger partial charge in [-0.25, -0.2) is 0 Å². The molecule has 2 amide bonds. The smallest absolute Gasteiger partial charge is 0.255 e. The minimum absolute atomic E-state index is 0.0454. The fraction of sp³-hybridized carbons (Fsp3) is 0.417. The lowest BCUT2D eigenvalue weighted by molar-refractivity contribution is -0.127. The Balaban J connectivity index is 1.58. The molecule has 2 aliphatic rings. The van der Waals surface area contributed by atoms with Crippen molar-refractivity contribution in [2.24, 2.45) is 11.3 Å². The molecule has 0 aliphatic carbocycles. The Morgan fingerprint density at radius 2 is 1.84 bits per heavy atom. The summed E-state index contributed by atoms with van der Waals surface area (Å²) in [6, 6.07) is 10.5. The van der Waals surface area contributed by atoms with Gasteiger partial charge in [0.1, 0.15) is 12.4 Å². The summed E-state index contributed by atoms with van der Waals surface area (Å²) >= 11 is 0. The number of benzene rings is 2. The van der Waals surface area contributed by atoms with E-state index in [0.717, 1.165) is 12.1 Å². The molecule has 7 nitrogen and oxygen atoms in total. The van der Waals surface area contributed by atoms with E-state index in [0.29, 0.717) is 41.0 Å². The van der Waals surface area contributed by atoms with Gasteiger partial charge in [0.25, 0.3) is 5.91 Å². The van der Waals surface area contributed by atoms with Crippen molar-refractivity contribution in [2.75, 3.05) is 30.2 Å². The molecule has 2 aromatic rings. The minimum atomic E-state index is -0.633. The van der Waals surface area contributed by atoms with Crippen LogP contribution in [0.25, 0.3) is 0 Å². The largest absolute Gasteiger partial charge is 0.490 e. The fourth-order valence-electron chi connectivity index (χ4n) is 3.58. The number of hydrogen-bond acceptors (Lipinski definition) is 5. The first-order chi connectivity index (χ1) is 14.7. The average Bonchev–Trinajstić information content (AvgIpc) is 3.17. The van der Waals surface area contributed by atoms with E-state index in [-0.39, 0.29) is 25.2 Å². The maximum absolute atomic E-state index is 13.1. The highest BCUT2D eigenvalue weighted by Gasteiger charge is 2.37. The highest BCUT2D eigenvalue weighted by Crippen LogP contribution is 2.39. The van der Waals surface area contributed by atoms with Crippen molar-refractivity contribution in [3.8, 4) is 17.2 Å². The maximum atomic E-state index is 13.1. The van der Waals surface area contributed by atoms with E-state index >= 15 is 0 Å². The van der Waals surface area contributed by atoms with Crippen LogP contribution in [0.15, 0.2) is 36.4 Å². The number of fused-ring (bicyclic) bond motifs is 2. The number of amides is 2. The highest BCUT2D eigenvalue weighted by molar-refractivity contribution is 6.05. The van der Waals surface area contributed by atoms with Gasteiger partial charge in [0.15, 0.2) is 11.5 Å². The average molecular weight is 424 g/mol. The molecule has 0 bridgehead atoms. The molecule has 4 rings (SSSR count). The number of ether oxygens (including phenoxy) is 3. The van der Waals surface area contributed by atoms with Crippen LogP contribution < -0.4 is 24.4 Å². The third kappa shape index (κ3) is 4.31. The molecule has 0 fully saturated rings. The molecule has 31 heavy (non-hydrogen) atoms. The highest BCUT2D eigenvalue weighted by atomic mass is 16.7. The van der Waals surface area contributed by atoms with Crippen LogP contribution in [0, 0.1) is 11.3 Å². The molecular weight excluding hydrogens is 396 g/mol. The van der Waals surface area contributed by atoms with Crippen LogP contribution in [0.1, 0.15) is 44.5 Å². The number of nitrogens with zero attached hydrogens (tertiary/aromatic N) is 1. The number of rotatable bonds is 5. The molecule has 0 saturated carbocycles. The van der Waals surface area contributed by atoms with E-state index in [1.807, 2.05) is 24.8 Å². The molecule has 2 heterocycles. The molecule has 2 aliphatic heterocycles. The molecule has 0 unspecified atom stereocenters. The first-order valence-corrected chi connectivity index (χ1v) is 10.5. The van der Waals surface area contributed by atoms with E-state index in [2.05, 4.69) is 19.2 Å². The van der Waals surface area contributed by atoms with Crippen molar-refractivity contribution in [1.82, 2.24) is 0 Å². The number of anilines is 2. The Hall–Kier alpha value is -3.22. The molecule has 0 atom stereocenters. The molecule has 164 valence electrons. The van der Waals surface area contributed by atoms with Gasteiger partial charge in [0.05, 0.1) is 11.1 Å². The number of carbonyl (C=O) groups is 2. The van der Waals surface area contributed by atoms with Gasteiger partial charge in [-0.05, 0) is 56.5 Å². The van der Waals surface area contributed by atoms with Crippen molar-refractivity contribution in [1.29, 1.82) is 0 Å². The second-order valence-electron chi connectivity index (χ2n) is 9.02. The van der Waals surface area contributed by atoms with Crippen LogP contribution in [0.3, 0.4) is 0 Å². The predicted molar refractivity (Wildman–Crippen MR) is 118 cm³/mol. The van der Waals surface area contributed by atoms with Crippen molar-refractivity contribution in [3.05, 3.63) is 42.0 Å². The van der Waals surface area contributed by atoms with Crippen LogP contribution in [0.4, 0.5) is 11.4 Å². The Morgan fingerprint density at radius 1 is 1.06 bits per heavy atom. The number of nitrogens with one attached hydrogen (secondary N) is 1. The molecule has 0 radical (unpaired) electrons. The topological polar surface area (TPSA) is 77.1 Å². The van der Waals surface area contributed by atoms with E-state index in [4.69, 9.17) is 14.2 Å². The lowest BCUT2D eigenvalue weighted by atomic mass is 9.92. The monoisotopic (exact) mass is 424 g/mol. The Bertz CT molecular complexity index is 1020. The summed E-state index contributed by atoms with van der Waals surface area (Å²) < 4.78 is 16.7. The Kier molecular flexibility index (Phi) is 5.52. The molecule has 0 saturated heterocycles. The van der Waals surface area contributed by atoms with Crippen LogP contribution in [0.5, 0.6) is 17.2 Å². The molecule has 7 heteroatoms. The fourth-order valence-corrected chi connectivity index (χ4v) is 3.58. The number of hydrogen-bond donors (Lipinski definition) is 1. The summed E-state index contributed by atoms with van der Waals surface area (Å²) in [4.78, 5) is 27.7. The van der Waals surface area contributed by atoms with Crippen molar-refractivity contribution in [3.63, 3.8) is 0 Å². The van der Waals surface area contributed by atoms with Gasteiger partial charge in [0, 0.05) is 23.9 Å². The molecular formula is C24H28N2O5. The zero-order valence-electron chi connectivity index (χ0n) is 18.4. The van der Waals surface area contributed by atoms with Crippen molar-refractivity contribution >= 4 is 23.2 Å². The summed E-state index contributed by atoms with van der Waals surface area (Å²) in [5.74, 6) is 2.03. The first kappa shape index (κ1) is 21.0. The van der Waals surface area contributed by atoms with Crippen LogP contribution in [-0.2, 0) is 4.79 Å². The van der Waals surface area contributed by atoms with Crippen LogP contribution >= 0.6 is 0 Å². The summed E-state index contributed by atoms with van der Waals surface area (Å²) in [5, 5.41) is 2.90. The summed E-state index contributed by atoms with van der Waals surface area (Å²) in [7, 11) is 0. The van der Waals surface area contributed by atoms with Gasteiger partial charge in [0.2, 0.25) is 12.7 Å². The summed E-state index contributed by atoms with van der Waals surface area (Å²) in [6.07, 6.45) is 0.893. The predicted octanol–water partition coefficient (Wildman–Crippen LogP) is 4.47. The van der Waals surface area contributed by atoms with E-state index in [1.165, 1.54) is 0 Å². The molecule has 2 aromatic carbocycles. The van der Waals surface area contributed by atoms with Gasteiger partial charge >= 0.3 is 0 Å². The zero-order valence-corrected chi connectivity index (χ0v) is 18.4. The normalized spacial score (nSPS) is 16.5. The summed E-state index contributed by atoms with van der Waals surface area (Å²) in [6.45, 7) is 9.12. The lowest BCUT2D eigenvalue weighted by Crippen LogP contribution is -2.42. The molecule has 1 N–H and O–H groups in total. The second-order valence-corrected chi connectivity index (χ2v) is 9.02. The quantitative estimate of drug-likeness (QED) is 0.767. The molecule has 0 spiro atoms. The van der Waals surface area contributed by atoms with Gasteiger partial charge in [-0.1, -0.05) is 13.8 Å². The van der Waals surface area contributed by atoms with E-state index < -0.39 is 5.41 Å². The van der Waals surface area contributed by atoms with Crippen molar-refractivity contribution < 1.29 is 23.8 Å². The van der Waals surface area contributed by atoms with Crippen LogP contribution in [0.2, 0.25) is 0 Å².